The normalized spacial score (nSPS) is 21.6. The first-order valence-corrected chi connectivity index (χ1v) is 10.8. The summed E-state index contributed by atoms with van der Waals surface area (Å²) in [6.07, 6.45) is 3.56. The summed E-state index contributed by atoms with van der Waals surface area (Å²) in [5, 5.41) is 10.8. The summed E-state index contributed by atoms with van der Waals surface area (Å²) in [4.78, 5) is 20.4. The topological polar surface area (TPSA) is 66.6 Å². The van der Waals surface area contributed by atoms with Crippen LogP contribution in [0, 0.1) is 0 Å². The van der Waals surface area contributed by atoms with Crippen LogP contribution < -0.4 is 10.3 Å². The van der Waals surface area contributed by atoms with Gasteiger partial charge in [-0.25, -0.2) is 4.98 Å². The lowest BCUT2D eigenvalue weighted by atomic mass is 9.66. The van der Waals surface area contributed by atoms with E-state index in [-0.39, 0.29) is 28.9 Å². The number of phenols is 1. The van der Waals surface area contributed by atoms with Gasteiger partial charge in [0.25, 0.3) is 0 Å². The number of hydrogen-bond donors (Lipinski definition) is 1. The van der Waals surface area contributed by atoms with Crippen LogP contribution in [0.15, 0.2) is 21.3 Å². The van der Waals surface area contributed by atoms with E-state index in [9.17, 15) is 9.90 Å². The summed E-state index contributed by atoms with van der Waals surface area (Å²) in [5.41, 5.74) is 5.39. The van der Waals surface area contributed by atoms with Gasteiger partial charge in [-0.1, -0.05) is 27.7 Å². The molecule has 1 saturated heterocycles. The standard InChI is InChI=1S/C24H28N2O3/c1-12(2)18-23(28)20-14(4)13(3)19(20)22-24(18)29-17-11-15(10-16(27)21(17)25-22)26-8-6-5-7-9-26/h10-14,27H,5-9H2,1-4H3/t13-,14?/m0/s1. The van der Waals surface area contributed by atoms with E-state index in [2.05, 4.69) is 18.7 Å². The molecule has 0 saturated carbocycles. The molecule has 2 heterocycles. The van der Waals surface area contributed by atoms with Crippen molar-refractivity contribution < 1.29 is 9.52 Å². The lowest BCUT2D eigenvalue weighted by molar-refractivity contribution is 0.476. The minimum absolute atomic E-state index is 0.0419. The Labute approximate surface area is 170 Å². The van der Waals surface area contributed by atoms with E-state index < -0.39 is 0 Å². The highest BCUT2D eigenvalue weighted by Crippen LogP contribution is 2.51. The maximum atomic E-state index is 13.2. The van der Waals surface area contributed by atoms with Crippen molar-refractivity contribution in [3.8, 4) is 17.2 Å². The van der Waals surface area contributed by atoms with E-state index in [1.54, 1.807) is 6.07 Å². The summed E-state index contributed by atoms with van der Waals surface area (Å²) in [5.74, 6) is 1.26. The number of phenolic OH excluding ortho intramolecular Hbond substituents is 1. The van der Waals surface area contributed by atoms with Gasteiger partial charge in [-0.15, -0.1) is 0 Å². The van der Waals surface area contributed by atoms with E-state index in [1.165, 1.54) is 6.42 Å². The summed E-state index contributed by atoms with van der Waals surface area (Å²) in [7, 11) is 0. The second-order valence-corrected chi connectivity index (χ2v) is 9.05. The molecule has 29 heavy (non-hydrogen) atoms. The van der Waals surface area contributed by atoms with Crippen molar-refractivity contribution in [3.05, 3.63) is 39.0 Å². The fourth-order valence-corrected chi connectivity index (χ4v) is 5.13. The number of rotatable bonds is 2. The zero-order chi connectivity index (χ0) is 20.4. The third-order valence-corrected chi connectivity index (χ3v) is 6.93. The van der Waals surface area contributed by atoms with Crippen LogP contribution in [-0.4, -0.2) is 23.2 Å². The zero-order valence-corrected chi connectivity index (χ0v) is 17.6. The van der Waals surface area contributed by atoms with Crippen molar-refractivity contribution in [2.45, 2.75) is 64.7 Å². The highest BCUT2D eigenvalue weighted by molar-refractivity contribution is 5.87. The SMILES string of the molecule is CC(C)c1c2oc3cc(N4CCCCC4)cc(O)c3nc-2c2c(c1=O)C(C)[C@@H]2C. The molecule has 1 unspecified atom stereocenters. The van der Waals surface area contributed by atoms with Crippen LogP contribution >= 0.6 is 0 Å². The maximum absolute atomic E-state index is 13.2. The third-order valence-electron chi connectivity index (χ3n) is 6.93. The molecule has 5 rings (SSSR count). The van der Waals surface area contributed by atoms with E-state index in [0.29, 0.717) is 22.4 Å². The van der Waals surface area contributed by atoms with Gasteiger partial charge >= 0.3 is 0 Å². The summed E-state index contributed by atoms with van der Waals surface area (Å²) in [6, 6.07) is 3.76. The predicted molar refractivity (Wildman–Crippen MR) is 116 cm³/mol. The molecule has 2 aliphatic carbocycles. The van der Waals surface area contributed by atoms with Crippen LogP contribution in [0.2, 0.25) is 0 Å². The summed E-state index contributed by atoms with van der Waals surface area (Å²) in [6.45, 7) is 10.2. The van der Waals surface area contributed by atoms with Crippen molar-refractivity contribution in [2.75, 3.05) is 18.0 Å². The van der Waals surface area contributed by atoms with E-state index in [1.807, 2.05) is 19.9 Å². The Bertz CT molecular complexity index is 1140. The minimum Gasteiger partial charge on any atom is -0.505 e. The van der Waals surface area contributed by atoms with Gasteiger partial charge in [0, 0.05) is 42.0 Å². The van der Waals surface area contributed by atoms with Crippen molar-refractivity contribution in [3.63, 3.8) is 0 Å². The van der Waals surface area contributed by atoms with Crippen LogP contribution in [0.25, 0.3) is 22.6 Å². The van der Waals surface area contributed by atoms with E-state index in [4.69, 9.17) is 9.40 Å². The molecule has 5 heteroatoms. The molecule has 5 nitrogen and oxygen atoms in total. The molecule has 152 valence electrons. The largest absolute Gasteiger partial charge is 0.505 e. The monoisotopic (exact) mass is 392 g/mol. The molecule has 1 aromatic carbocycles. The van der Waals surface area contributed by atoms with E-state index >= 15 is 0 Å². The van der Waals surface area contributed by atoms with Crippen LogP contribution in [0.1, 0.15) is 81.4 Å². The number of nitrogens with zero attached hydrogens (tertiary/aromatic N) is 2. The molecule has 1 N–H and O–H groups in total. The molecule has 0 bridgehead atoms. The summed E-state index contributed by atoms with van der Waals surface area (Å²) < 4.78 is 6.34. The zero-order valence-electron chi connectivity index (χ0n) is 17.6. The first-order chi connectivity index (χ1) is 13.9. The Morgan fingerprint density at radius 1 is 1.10 bits per heavy atom. The molecular weight excluding hydrogens is 364 g/mol. The lowest BCUT2D eigenvalue weighted by Gasteiger charge is -2.37. The van der Waals surface area contributed by atoms with Crippen molar-refractivity contribution in [1.29, 1.82) is 0 Å². The molecule has 2 atom stereocenters. The number of anilines is 1. The second-order valence-electron chi connectivity index (χ2n) is 9.05. The fourth-order valence-electron chi connectivity index (χ4n) is 5.13. The second kappa shape index (κ2) is 6.48. The quantitative estimate of drug-likeness (QED) is 0.597. The van der Waals surface area contributed by atoms with Gasteiger partial charge in [-0.05, 0) is 42.6 Å². The molecule has 2 aliphatic heterocycles. The number of hydrogen-bond acceptors (Lipinski definition) is 5. The number of aromatic hydroxyl groups is 1. The van der Waals surface area contributed by atoms with Gasteiger partial charge in [0.15, 0.2) is 16.8 Å². The average Bonchev–Trinajstić information content (AvgIpc) is 2.71. The number of benzene rings is 2. The molecule has 1 aromatic rings. The molecule has 0 spiro atoms. The summed E-state index contributed by atoms with van der Waals surface area (Å²) >= 11 is 0. The predicted octanol–water partition coefficient (Wildman–Crippen LogP) is 5.33. The number of fused-ring (bicyclic) bond motifs is 4. The van der Waals surface area contributed by atoms with Crippen LogP contribution in [0.3, 0.4) is 0 Å². The number of aromatic nitrogens is 1. The highest BCUT2D eigenvalue weighted by Gasteiger charge is 2.41. The Morgan fingerprint density at radius 3 is 2.48 bits per heavy atom. The van der Waals surface area contributed by atoms with Gasteiger partial charge < -0.3 is 14.4 Å². The molecule has 0 radical (unpaired) electrons. The van der Waals surface area contributed by atoms with Gasteiger partial charge in [-0.3, -0.25) is 4.79 Å². The maximum Gasteiger partial charge on any atom is 0.189 e. The van der Waals surface area contributed by atoms with Gasteiger partial charge in [-0.2, -0.15) is 0 Å². The smallest absolute Gasteiger partial charge is 0.189 e. The number of piperidine rings is 1. The van der Waals surface area contributed by atoms with Crippen molar-refractivity contribution in [2.24, 2.45) is 0 Å². The molecular formula is C24H28N2O3. The Hall–Kier alpha value is -2.56. The van der Waals surface area contributed by atoms with Gasteiger partial charge in [0.1, 0.15) is 17.0 Å². The lowest BCUT2D eigenvalue weighted by Crippen LogP contribution is -2.33. The Balaban J connectivity index is 1.80. The third kappa shape index (κ3) is 2.59. The van der Waals surface area contributed by atoms with E-state index in [0.717, 1.165) is 48.4 Å². The van der Waals surface area contributed by atoms with Crippen molar-refractivity contribution in [1.82, 2.24) is 4.98 Å². The average molecular weight is 392 g/mol. The van der Waals surface area contributed by atoms with Gasteiger partial charge in [0.05, 0.1) is 0 Å². The van der Waals surface area contributed by atoms with Crippen LogP contribution in [-0.2, 0) is 0 Å². The first-order valence-electron chi connectivity index (χ1n) is 10.8. The van der Waals surface area contributed by atoms with Crippen LogP contribution in [0.4, 0.5) is 5.69 Å². The fraction of sp³-hybridized carbons (Fsp3) is 0.500. The Kier molecular flexibility index (Phi) is 4.12. The molecule has 4 aliphatic rings. The highest BCUT2D eigenvalue weighted by atomic mass is 16.3. The molecule has 1 fully saturated rings. The minimum atomic E-state index is 0.0419. The Morgan fingerprint density at radius 2 is 1.79 bits per heavy atom. The first kappa shape index (κ1) is 18.5. The van der Waals surface area contributed by atoms with Crippen molar-refractivity contribution >= 4 is 16.8 Å². The molecule has 0 aromatic heterocycles. The van der Waals surface area contributed by atoms with Gasteiger partial charge in [0.2, 0.25) is 0 Å². The molecule has 0 amide bonds. The van der Waals surface area contributed by atoms with Crippen LogP contribution in [0.5, 0.6) is 5.75 Å².